The Balaban J connectivity index is 2.89. The van der Waals surface area contributed by atoms with Crippen molar-refractivity contribution in [2.45, 2.75) is 20.3 Å². The molecule has 0 fully saturated rings. The third-order valence-corrected chi connectivity index (χ3v) is 2.24. The summed E-state index contributed by atoms with van der Waals surface area (Å²) in [6, 6.07) is 11.9. The minimum Gasteiger partial charge on any atom is -0.192 e. The summed E-state index contributed by atoms with van der Waals surface area (Å²) in [6.45, 7) is 3.85. The molecule has 0 saturated carbocycles. The van der Waals surface area contributed by atoms with Crippen LogP contribution in [0.4, 0.5) is 0 Å². The van der Waals surface area contributed by atoms with Gasteiger partial charge in [0, 0.05) is 0 Å². The van der Waals surface area contributed by atoms with Crippen LogP contribution in [0.15, 0.2) is 35.4 Å². The van der Waals surface area contributed by atoms with Crippen molar-refractivity contribution in [1.82, 2.24) is 0 Å². The fraction of sp³-hybridized carbons (Fsp3) is 0.231. The quantitative estimate of drug-likeness (QED) is 0.683. The Kier molecular flexibility index (Phi) is 3.66. The highest BCUT2D eigenvalue weighted by molar-refractivity contribution is 5.41. The van der Waals surface area contributed by atoms with E-state index in [4.69, 9.17) is 10.5 Å². The van der Waals surface area contributed by atoms with E-state index >= 15 is 0 Å². The van der Waals surface area contributed by atoms with Crippen LogP contribution < -0.4 is 0 Å². The van der Waals surface area contributed by atoms with Gasteiger partial charge in [-0.05, 0) is 31.4 Å². The molecule has 0 amide bonds. The predicted octanol–water partition coefficient (Wildman–Crippen LogP) is 2.90. The monoisotopic (exact) mass is 196 g/mol. The molecule has 0 spiro atoms. The van der Waals surface area contributed by atoms with E-state index in [1.807, 2.05) is 50.3 Å². The van der Waals surface area contributed by atoms with Crippen molar-refractivity contribution in [2.24, 2.45) is 0 Å². The standard InChI is InChI=1S/C13H12N2/c1-10-3-5-12(6-4-10)7-11(2)13(8-14)9-15/h3-6H,7H2,1-2H3. The second-order valence-corrected chi connectivity index (χ2v) is 3.54. The van der Waals surface area contributed by atoms with Gasteiger partial charge in [-0.25, -0.2) is 0 Å². The molecule has 15 heavy (non-hydrogen) atoms. The molecule has 0 aliphatic rings. The van der Waals surface area contributed by atoms with Crippen molar-refractivity contribution in [1.29, 1.82) is 10.5 Å². The molecular formula is C13H12N2. The normalized spacial score (nSPS) is 8.80. The highest BCUT2D eigenvalue weighted by atomic mass is 14.3. The summed E-state index contributed by atoms with van der Waals surface area (Å²) in [5.41, 5.74) is 3.38. The number of hydrogen-bond acceptors (Lipinski definition) is 2. The summed E-state index contributed by atoms with van der Waals surface area (Å²) < 4.78 is 0. The number of rotatable bonds is 2. The first-order chi connectivity index (χ1) is 7.17. The fourth-order valence-corrected chi connectivity index (χ4v) is 1.32. The molecule has 0 heterocycles. The Labute approximate surface area is 90.1 Å². The molecule has 0 bridgehead atoms. The van der Waals surface area contributed by atoms with Gasteiger partial charge in [-0.1, -0.05) is 29.8 Å². The Hall–Kier alpha value is -2.06. The van der Waals surface area contributed by atoms with Crippen molar-refractivity contribution in [3.05, 3.63) is 46.5 Å². The van der Waals surface area contributed by atoms with Crippen molar-refractivity contribution in [2.75, 3.05) is 0 Å². The maximum Gasteiger partial charge on any atom is 0.128 e. The van der Waals surface area contributed by atoms with E-state index in [9.17, 15) is 0 Å². The first-order valence-electron chi connectivity index (χ1n) is 4.73. The molecule has 0 aromatic heterocycles. The van der Waals surface area contributed by atoms with Gasteiger partial charge in [0.05, 0.1) is 0 Å². The number of hydrogen-bond donors (Lipinski definition) is 0. The van der Waals surface area contributed by atoms with Gasteiger partial charge in [0.1, 0.15) is 17.7 Å². The van der Waals surface area contributed by atoms with Crippen LogP contribution in [-0.2, 0) is 6.42 Å². The Morgan fingerprint density at radius 1 is 1.13 bits per heavy atom. The van der Waals surface area contributed by atoms with Gasteiger partial charge in [0.25, 0.3) is 0 Å². The molecule has 0 aliphatic carbocycles. The Morgan fingerprint density at radius 3 is 2.13 bits per heavy atom. The molecule has 2 heteroatoms. The maximum absolute atomic E-state index is 8.69. The molecule has 0 saturated heterocycles. The van der Waals surface area contributed by atoms with Gasteiger partial charge in [0.15, 0.2) is 0 Å². The van der Waals surface area contributed by atoms with Crippen molar-refractivity contribution in [3.63, 3.8) is 0 Å². The van der Waals surface area contributed by atoms with E-state index < -0.39 is 0 Å². The lowest BCUT2D eigenvalue weighted by Gasteiger charge is -2.02. The molecule has 74 valence electrons. The third kappa shape index (κ3) is 2.97. The molecule has 0 aliphatic heterocycles. The fourth-order valence-electron chi connectivity index (χ4n) is 1.32. The lowest BCUT2D eigenvalue weighted by atomic mass is 10.0. The first-order valence-corrected chi connectivity index (χ1v) is 4.73. The summed E-state index contributed by atoms with van der Waals surface area (Å²) in [5.74, 6) is 0. The minimum absolute atomic E-state index is 0.218. The first kappa shape index (κ1) is 11.0. The largest absolute Gasteiger partial charge is 0.192 e. The molecular weight excluding hydrogens is 184 g/mol. The number of allylic oxidation sites excluding steroid dienone is 2. The average molecular weight is 196 g/mol. The molecule has 0 unspecified atom stereocenters. The molecule has 0 N–H and O–H groups in total. The predicted molar refractivity (Wildman–Crippen MR) is 58.8 cm³/mol. The number of benzene rings is 1. The zero-order chi connectivity index (χ0) is 11.3. The highest BCUT2D eigenvalue weighted by Crippen LogP contribution is 2.12. The van der Waals surface area contributed by atoms with Crippen LogP contribution >= 0.6 is 0 Å². The van der Waals surface area contributed by atoms with E-state index in [0.717, 1.165) is 11.1 Å². The lowest BCUT2D eigenvalue weighted by Crippen LogP contribution is -1.90. The van der Waals surface area contributed by atoms with Crippen molar-refractivity contribution in [3.8, 4) is 12.1 Å². The van der Waals surface area contributed by atoms with E-state index in [1.165, 1.54) is 5.56 Å². The number of nitriles is 2. The van der Waals surface area contributed by atoms with Crippen LogP contribution in [0.2, 0.25) is 0 Å². The summed E-state index contributed by atoms with van der Waals surface area (Å²) in [6.07, 6.45) is 0.663. The van der Waals surface area contributed by atoms with Crippen LogP contribution in [0.1, 0.15) is 18.1 Å². The molecule has 1 rings (SSSR count). The lowest BCUT2D eigenvalue weighted by molar-refractivity contribution is 1.12. The van der Waals surface area contributed by atoms with Gasteiger partial charge in [-0.3, -0.25) is 0 Å². The summed E-state index contributed by atoms with van der Waals surface area (Å²) in [4.78, 5) is 0. The van der Waals surface area contributed by atoms with Gasteiger partial charge < -0.3 is 0 Å². The molecule has 0 radical (unpaired) electrons. The van der Waals surface area contributed by atoms with E-state index in [2.05, 4.69) is 0 Å². The SMILES string of the molecule is CC(Cc1ccc(C)cc1)=C(C#N)C#N. The Morgan fingerprint density at radius 2 is 1.67 bits per heavy atom. The summed E-state index contributed by atoms with van der Waals surface area (Å²) in [7, 11) is 0. The Bertz CT molecular complexity index is 437. The maximum atomic E-state index is 8.69. The number of aryl methyl sites for hydroxylation is 1. The van der Waals surface area contributed by atoms with E-state index in [-0.39, 0.29) is 5.57 Å². The topological polar surface area (TPSA) is 47.6 Å². The molecule has 1 aromatic carbocycles. The van der Waals surface area contributed by atoms with E-state index in [0.29, 0.717) is 6.42 Å². The average Bonchev–Trinajstić information content (AvgIpc) is 2.23. The smallest absolute Gasteiger partial charge is 0.128 e. The van der Waals surface area contributed by atoms with Crippen molar-refractivity contribution >= 4 is 0 Å². The second kappa shape index (κ2) is 4.98. The van der Waals surface area contributed by atoms with Crippen molar-refractivity contribution < 1.29 is 0 Å². The van der Waals surface area contributed by atoms with Crippen LogP contribution in [-0.4, -0.2) is 0 Å². The van der Waals surface area contributed by atoms with Gasteiger partial charge in [-0.15, -0.1) is 0 Å². The van der Waals surface area contributed by atoms with Crippen LogP contribution in [0.25, 0.3) is 0 Å². The third-order valence-electron chi connectivity index (χ3n) is 2.24. The summed E-state index contributed by atoms with van der Waals surface area (Å²) in [5, 5.41) is 17.4. The van der Waals surface area contributed by atoms with Crippen LogP contribution in [0.5, 0.6) is 0 Å². The molecule has 0 atom stereocenters. The van der Waals surface area contributed by atoms with Gasteiger partial charge in [-0.2, -0.15) is 10.5 Å². The van der Waals surface area contributed by atoms with Crippen LogP contribution in [0, 0.1) is 29.6 Å². The van der Waals surface area contributed by atoms with Gasteiger partial charge in [0.2, 0.25) is 0 Å². The van der Waals surface area contributed by atoms with Crippen LogP contribution in [0.3, 0.4) is 0 Å². The second-order valence-electron chi connectivity index (χ2n) is 3.54. The zero-order valence-corrected chi connectivity index (χ0v) is 8.91. The minimum atomic E-state index is 0.218. The zero-order valence-electron chi connectivity index (χ0n) is 8.91. The number of nitrogens with zero attached hydrogens (tertiary/aromatic N) is 2. The summed E-state index contributed by atoms with van der Waals surface area (Å²) >= 11 is 0. The van der Waals surface area contributed by atoms with Gasteiger partial charge >= 0.3 is 0 Å². The highest BCUT2D eigenvalue weighted by Gasteiger charge is 2.01. The van der Waals surface area contributed by atoms with E-state index in [1.54, 1.807) is 0 Å². The molecule has 2 nitrogen and oxygen atoms in total. The molecule has 1 aromatic rings.